The highest BCUT2D eigenvalue weighted by Gasteiger charge is 2.26. The molecule has 0 saturated carbocycles. The maximum absolute atomic E-state index is 5.84. The molecule has 17 heavy (non-hydrogen) atoms. The van der Waals surface area contributed by atoms with Crippen molar-refractivity contribution in [3.8, 4) is 0 Å². The van der Waals surface area contributed by atoms with Crippen molar-refractivity contribution in [3.63, 3.8) is 0 Å². The molecule has 0 bridgehead atoms. The number of nitrogens with zero attached hydrogens (tertiary/aromatic N) is 2. The van der Waals surface area contributed by atoms with Crippen LogP contribution in [0.15, 0.2) is 4.47 Å². The Labute approximate surface area is 110 Å². The molecular weight excluding hydrogens is 286 g/mol. The molecule has 5 nitrogen and oxygen atoms in total. The molecule has 2 N–H and O–H groups in total. The summed E-state index contributed by atoms with van der Waals surface area (Å²) in [6.45, 7) is 6.72. The van der Waals surface area contributed by atoms with Gasteiger partial charge in [0.05, 0.1) is 16.8 Å². The van der Waals surface area contributed by atoms with Crippen LogP contribution in [0.5, 0.6) is 0 Å². The fraction of sp³-hybridized carbons (Fsp3) is 0.636. The summed E-state index contributed by atoms with van der Waals surface area (Å²) in [6, 6.07) is 0. The molecule has 1 heterocycles. The van der Waals surface area contributed by atoms with E-state index in [9.17, 15) is 0 Å². The number of rotatable bonds is 5. The van der Waals surface area contributed by atoms with Crippen molar-refractivity contribution in [2.24, 2.45) is 0 Å². The molecule has 0 aliphatic rings. The van der Waals surface area contributed by atoms with Crippen molar-refractivity contribution < 1.29 is 9.47 Å². The SMILES string of the molecule is CCOC(C)(C)c1nc(N)c(Br)c(COC)n1. The van der Waals surface area contributed by atoms with E-state index in [0.29, 0.717) is 29.3 Å². The Balaban J connectivity index is 3.17. The van der Waals surface area contributed by atoms with Crippen molar-refractivity contribution in [2.75, 3.05) is 19.5 Å². The van der Waals surface area contributed by atoms with Gasteiger partial charge in [0.25, 0.3) is 0 Å². The molecule has 1 rings (SSSR count). The Hall–Kier alpha value is -0.720. The van der Waals surface area contributed by atoms with Crippen molar-refractivity contribution >= 4 is 21.7 Å². The van der Waals surface area contributed by atoms with E-state index < -0.39 is 5.60 Å². The van der Waals surface area contributed by atoms with Crippen LogP contribution in [0.4, 0.5) is 5.82 Å². The molecule has 0 fully saturated rings. The van der Waals surface area contributed by atoms with Gasteiger partial charge in [-0.1, -0.05) is 0 Å². The lowest BCUT2D eigenvalue weighted by molar-refractivity contribution is -0.0210. The number of nitrogens with two attached hydrogens (primary N) is 1. The zero-order valence-electron chi connectivity index (χ0n) is 10.6. The molecule has 6 heteroatoms. The molecule has 0 amide bonds. The van der Waals surface area contributed by atoms with E-state index >= 15 is 0 Å². The van der Waals surface area contributed by atoms with E-state index in [4.69, 9.17) is 15.2 Å². The van der Waals surface area contributed by atoms with Crippen LogP contribution in [0.1, 0.15) is 32.3 Å². The van der Waals surface area contributed by atoms with Gasteiger partial charge in [-0.05, 0) is 36.7 Å². The molecule has 0 unspecified atom stereocenters. The molecule has 0 spiro atoms. The van der Waals surface area contributed by atoms with Crippen LogP contribution in [-0.2, 0) is 21.7 Å². The first-order valence-electron chi connectivity index (χ1n) is 5.37. The third kappa shape index (κ3) is 3.37. The Morgan fingerprint density at radius 2 is 2.00 bits per heavy atom. The van der Waals surface area contributed by atoms with Crippen LogP contribution in [-0.4, -0.2) is 23.7 Å². The number of hydrogen-bond acceptors (Lipinski definition) is 5. The smallest absolute Gasteiger partial charge is 0.162 e. The van der Waals surface area contributed by atoms with Crippen molar-refractivity contribution in [2.45, 2.75) is 33.0 Å². The van der Waals surface area contributed by atoms with E-state index in [0.717, 1.165) is 5.69 Å². The summed E-state index contributed by atoms with van der Waals surface area (Å²) in [5.74, 6) is 0.960. The predicted molar refractivity (Wildman–Crippen MR) is 69.5 cm³/mol. The van der Waals surface area contributed by atoms with Gasteiger partial charge >= 0.3 is 0 Å². The van der Waals surface area contributed by atoms with Crippen molar-refractivity contribution in [1.82, 2.24) is 9.97 Å². The highest BCUT2D eigenvalue weighted by atomic mass is 79.9. The number of halogens is 1. The van der Waals surface area contributed by atoms with Crippen LogP contribution >= 0.6 is 15.9 Å². The maximum Gasteiger partial charge on any atom is 0.162 e. The zero-order chi connectivity index (χ0) is 13.1. The second-order valence-electron chi connectivity index (χ2n) is 4.07. The van der Waals surface area contributed by atoms with Crippen LogP contribution < -0.4 is 5.73 Å². The van der Waals surface area contributed by atoms with E-state index in [1.54, 1.807) is 7.11 Å². The van der Waals surface area contributed by atoms with Crippen LogP contribution in [0, 0.1) is 0 Å². The van der Waals surface area contributed by atoms with Gasteiger partial charge in [-0.25, -0.2) is 9.97 Å². The van der Waals surface area contributed by atoms with Gasteiger partial charge in [0.1, 0.15) is 11.4 Å². The first-order valence-corrected chi connectivity index (χ1v) is 6.17. The van der Waals surface area contributed by atoms with Gasteiger partial charge in [-0.2, -0.15) is 0 Å². The number of aromatic nitrogens is 2. The lowest BCUT2D eigenvalue weighted by atomic mass is 10.1. The monoisotopic (exact) mass is 303 g/mol. The third-order valence-corrected chi connectivity index (χ3v) is 3.13. The summed E-state index contributed by atoms with van der Waals surface area (Å²) in [4.78, 5) is 8.67. The van der Waals surface area contributed by atoms with Crippen LogP contribution in [0.3, 0.4) is 0 Å². The Bertz CT molecular complexity index is 397. The molecule has 1 aromatic rings. The first-order chi connectivity index (χ1) is 7.92. The largest absolute Gasteiger partial charge is 0.383 e. The molecule has 0 saturated heterocycles. The molecule has 96 valence electrons. The summed E-state index contributed by atoms with van der Waals surface area (Å²) in [5.41, 5.74) is 6.00. The minimum absolute atomic E-state index is 0.377. The first kappa shape index (κ1) is 14.3. The van der Waals surface area contributed by atoms with E-state index in [1.165, 1.54) is 0 Å². The van der Waals surface area contributed by atoms with Gasteiger partial charge in [0, 0.05) is 13.7 Å². The molecule has 1 aromatic heterocycles. The number of ether oxygens (including phenoxy) is 2. The average molecular weight is 304 g/mol. The standard InChI is InChI=1S/C11H18BrN3O2/c1-5-17-11(2,3)10-14-7(6-16-4)8(12)9(13)15-10/h5-6H2,1-4H3,(H2,13,14,15). The molecular formula is C11H18BrN3O2. The summed E-state index contributed by atoms with van der Waals surface area (Å²) >= 11 is 3.35. The minimum atomic E-state index is -0.563. The van der Waals surface area contributed by atoms with Crippen molar-refractivity contribution in [3.05, 3.63) is 16.0 Å². The number of methoxy groups -OCH3 is 1. The Kier molecular flexibility index (Phi) is 4.85. The quantitative estimate of drug-likeness (QED) is 0.903. The van der Waals surface area contributed by atoms with Crippen LogP contribution in [0.25, 0.3) is 0 Å². The maximum atomic E-state index is 5.84. The third-order valence-electron chi connectivity index (χ3n) is 2.27. The normalized spacial score (nSPS) is 11.8. The van der Waals surface area contributed by atoms with E-state index in [-0.39, 0.29) is 0 Å². The highest BCUT2D eigenvalue weighted by molar-refractivity contribution is 9.10. The molecule has 0 aromatic carbocycles. The van der Waals surface area contributed by atoms with Gasteiger partial charge in [0.2, 0.25) is 0 Å². The fourth-order valence-electron chi connectivity index (χ4n) is 1.44. The lowest BCUT2D eigenvalue weighted by Crippen LogP contribution is -2.26. The van der Waals surface area contributed by atoms with Gasteiger partial charge in [-0.3, -0.25) is 0 Å². The summed E-state index contributed by atoms with van der Waals surface area (Å²) < 4.78 is 11.4. The summed E-state index contributed by atoms with van der Waals surface area (Å²) in [6.07, 6.45) is 0. The average Bonchev–Trinajstić information content (AvgIpc) is 2.24. The number of nitrogen functional groups attached to an aromatic ring is 1. The predicted octanol–water partition coefficient (Wildman–Crippen LogP) is 2.24. The molecule has 0 aliphatic heterocycles. The molecule has 0 aliphatic carbocycles. The lowest BCUT2D eigenvalue weighted by Gasteiger charge is -2.24. The molecule has 0 radical (unpaired) electrons. The van der Waals surface area contributed by atoms with Gasteiger partial charge in [0.15, 0.2) is 5.82 Å². The van der Waals surface area contributed by atoms with Gasteiger partial charge in [-0.15, -0.1) is 0 Å². The van der Waals surface area contributed by atoms with Gasteiger partial charge < -0.3 is 15.2 Å². The van der Waals surface area contributed by atoms with Crippen molar-refractivity contribution in [1.29, 1.82) is 0 Å². The summed E-state index contributed by atoms with van der Waals surface area (Å²) in [7, 11) is 1.61. The highest BCUT2D eigenvalue weighted by Crippen LogP contribution is 2.27. The summed E-state index contributed by atoms with van der Waals surface area (Å²) in [5, 5.41) is 0. The zero-order valence-corrected chi connectivity index (χ0v) is 12.2. The minimum Gasteiger partial charge on any atom is -0.383 e. The Morgan fingerprint density at radius 3 is 2.53 bits per heavy atom. The second-order valence-corrected chi connectivity index (χ2v) is 4.86. The number of anilines is 1. The number of hydrogen-bond donors (Lipinski definition) is 1. The van der Waals surface area contributed by atoms with E-state index in [1.807, 2.05) is 20.8 Å². The Morgan fingerprint density at radius 1 is 1.35 bits per heavy atom. The topological polar surface area (TPSA) is 70.3 Å². The fourth-order valence-corrected chi connectivity index (χ4v) is 1.73. The van der Waals surface area contributed by atoms with E-state index in [2.05, 4.69) is 25.9 Å². The molecule has 0 atom stereocenters. The second kappa shape index (κ2) is 5.75. The van der Waals surface area contributed by atoms with Crippen LogP contribution in [0.2, 0.25) is 0 Å².